The Bertz CT molecular complexity index is 157. The molecule has 0 unspecified atom stereocenters. The molecule has 0 aliphatic carbocycles. The summed E-state index contributed by atoms with van der Waals surface area (Å²) in [5.41, 5.74) is 0. The van der Waals surface area contributed by atoms with Gasteiger partial charge >= 0.3 is 7.82 Å². The first-order valence-corrected chi connectivity index (χ1v) is 3.66. The number of phosphoric acid groups is 1. The molecule has 0 atom stereocenters. The maximum atomic E-state index is 9.87. The SMILES string of the molecule is N#CCCOP(=O)(O)O.O. The molecule has 0 saturated carbocycles. The van der Waals surface area contributed by atoms with E-state index in [0.717, 1.165) is 0 Å². The Morgan fingerprint density at radius 1 is 1.60 bits per heavy atom. The Labute approximate surface area is 57.6 Å². The molecule has 0 bridgehead atoms. The van der Waals surface area contributed by atoms with Crippen LogP contribution in [0.15, 0.2) is 0 Å². The van der Waals surface area contributed by atoms with Crippen LogP contribution >= 0.6 is 7.82 Å². The Kier molecular flexibility index (Phi) is 6.56. The van der Waals surface area contributed by atoms with E-state index < -0.39 is 7.82 Å². The van der Waals surface area contributed by atoms with Crippen LogP contribution in [0.3, 0.4) is 0 Å². The van der Waals surface area contributed by atoms with Gasteiger partial charge in [-0.1, -0.05) is 0 Å². The van der Waals surface area contributed by atoms with E-state index in [1.54, 1.807) is 6.07 Å². The molecule has 0 saturated heterocycles. The van der Waals surface area contributed by atoms with Crippen molar-refractivity contribution in [1.29, 1.82) is 5.26 Å². The zero-order chi connectivity index (χ0) is 7.33. The highest BCUT2D eigenvalue weighted by atomic mass is 31.2. The van der Waals surface area contributed by atoms with Gasteiger partial charge in [-0.15, -0.1) is 0 Å². The number of hydrogen-bond donors (Lipinski definition) is 2. The van der Waals surface area contributed by atoms with Gasteiger partial charge in [-0.2, -0.15) is 5.26 Å². The van der Waals surface area contributed by atoms with Crippen molar-refractivity contribution in [3.8, 4) is 6.07 Å². The topological polar surface area (TPSA) is 122 Å². The summed E-state index contributed by atoms with van der Waals surface area (Å²) in [6.45, 7) is -0.221. The molecular formula is C3H8NO5P. The molecule has 4 N–H and O–H groups in total. The first kappa shape index (κ1) is 12.3. The average Bonchev–Trinajstić information content (AvgIpc) is 1.63. The Balaban J connectivity index is 0. The van der Waals surface area contributed by atoms with E-state index in [1.807, 2.05) is 0 Å². The summed E-state index contributed by atoms with van der Waals surface area (Å²) < 4.78 is 13.8. The lowest BCUT2D eigenvalue weighted by Crippen LogP contribution is -1.89. The van der Waals surface area contributed by atoms with E-state index in [9.17, 15) is 4.57 Å². The predicted octanol–water partition coefficient (Wildman–Crippen LogP) is -0.815. The number of phosphoric ester groups is 1. The Hall–Kier alpha value is -0.440. The average molecular weight is 169 g/mol. The van der Waals surface area contributed by atoms with Crippen molar-refractivity contribution in [3.63, 3.8) is 0 Å². The number of hydrogen-bond acceptors (Lipinski definition) is 3. The van der Waals surface area contributed by atoms with E-state index >= 15 is 0 Å². The summed E-state index contributed by atoms with van der Waals surface area (Å²) in [5, 5.41) is 7.88. The maximum Gasteiger partial charge on any atom is 0.469 e. The molecule has 6 nitrogen and oxygen atoms in total. The van der Waals surface area contributed by atoms with Crippen LogP contribution in [0.2, 0.25) is 0 Å². The van der Waals surface area contributed by atoms with Gasteiger partial charge in [0, 0.05) is 0 Å². The summed E-state index contributed by atoms with van der Waals surface area (Å²) >= 11 is 0. The fraction of sp³-hybridized carbons (Fsp3) is 0.667. The van der Waals surface area contributed by atoms with Crippen molar-refractivity contribution in [1.82, 2.24) is 0 Å². The molecule has 0 aliphatic heterocycles. The molecule has 0 aromatic rings. The van der Waals surface area contributed by atoms with E-state index in [4.69, 9.17) is 15.0 Å². The molecule has 10 heavy (non-hydrogen) atoms. The van der Waals surface area contributed by atoms with Gasteiger partial charge in [0.2, 0.25) is 0 Å². The fourth-order valence-electron chi connectivity index (χ4n) is 0.210. The van der Waals surface area contributed by atoms with Crippen LogP contribution in [0.5, 0.6) is 0 Å². The lowest BCUT2D eigenvalue weighted by molar-refractivity contribution is 0.201. The molecule has 0 amide bonds. The van der Waals surface area contributed by atoms with Crippen LogP contribution in [0.4, 0.5) is 0 Å². The summed E-state index contributed by atoms with van der Waals surface area (Å²) in [6, 6.07) is 1.67. The second kappa shape index (κ2) is 5.35. The summed E-state index contributed by atoms with van der Waals surface area (Å²) in [5.74, 6) is 0. The van der Waals surface area contributed by atoms with Crippen LogP contribution in [0.1, 0.15) is 6.42 Å². The van der Waals surface area contributed by atoms with Crippen LogP contribution < -0.4 is 0 Å². The third-order valence-electron chi connectivity index (χ3n) is 0.473. The normalized spacial score (nSPS) is 9.70. The molecule has 0 aliphatic rings. The van der Waals surface area contributed by atoms with Gasteiger partial charge in [-0.3, -0.25) is 4.52 Å². The standard InChI is InChI=1S/C3H6NO4P.H2O/c4-2-1-3-8-9(5,6)7;/h1,3H2,(H2,5,6,7);1H2. The van der Waals surface area contributed by atoms with Crippen molar-refractivity contribution in [2.45, 2.75) is 6.42 Å². The van der Waals surface area contributed by atoms with Gasteiger partial charge in [0.25, 0.3) is 0 Å². The van der Waals surface area contributed by atoms with Gasteiger partial charge in [-0.05, 0) is 0 Å². The van der Waals surface area contributed by atoms with Crippen molar-refractivity contribution in [2.75, 3.05) is 6.61 Å². The maximum absolute atomic E-state index is 9.87. The summed E-state index contributed by atoms with van der Waals surface area (Å²) in [6.07, 6.45) is -0.00882. The van der Waals surface area contributed by atoms with Gasteiger partial charge in [-0.25, -0.2) is 4.57 Å². The molecule has 0 radical (unpaired) electrons. The zero-order valence-corrected chi connectivity index (χ0v) is 5.91. The van der Waals surface area contributed by atoms with Crippen molar-refractivity contribution in [2.24, 2.45) is 0 Å². The van der Waals surface area contributed by atoms with E-state index in [-0.39, 0.29) is 18.5 Å². The molecule has 7 heteroatoms. The first-order valence-electron chi connectivity index (χ1n) is 2.13. The first-order chi connectivity index (χ1) is 4.06. The zero-order valence-electron chi connectivity index (χ0n) is 5.02. The van der Waals surface area contributed by atoms with Crippen LogP contribution in [0, 0.1) is 11.3 Å². The molecule has 0 aromatic carbocycles. The Morgan fingerprint density at radius 2 is 2.10 bits per heavy atom. The highest BCUT2D eigenvalue weighted by Crippen LogP contribution is 2.35. The number of nitriles is 1. The molecule has 0 spiro atoms. The highest BCUT2D eigenvalue weighted by molar-refractivity contribution is 7.46. The van der Waals surface area contributed by atoms with Crippen LogP contribution in [-0.4, -0.2) is 21.9 Å². The monoisotopic (exact) mass is 169 g/mol. The lowest BCUT2D eigenvalue weighted by Gasteiger charge is -1.99. The van der Waals surface area contributed by atoms with Crippen LogP contribution in [0.25, 0.3) is 0 Å². The minimum Gasteiger partial charge on any atom is -0.412 e. The predicted molar refractivity (Wildman–Crippen MR) is 31.8 cm³/mol. The van der Waals surface area contributed by atoms with Crippen LogP contribution in [-0.2, 0) is 9.09 Å². The fourth-order valence-corrected chi connectivity index (χ4v) is 0.539. The molecule has 0 fully saturated rings. The third kappa shape index (κ3) is 10.5. The summed E-state index contributed by atoms with van der Waals surface area (Å²) in [4.78, 5) is 16.0. The van der Waals surface area contributed by atoms with Crippen molar-refractivity contribution in [3.05, 3.63) is 0 Å². The minimum atomic E-state index is -4.35. The van der Waals surface area contributed by atoms with Gasteiger partial charge in [0.1, 0.15) is 0 Å². The highest BCUT2D eigenvalue weighted by Gasteiger charge is 2.11. The number of nitrogens with zero attached hydrogens (tertiary/aromatic N) is 1. The van der Waals surface area contributed by atoms with Crippen molar-refractivity contribution < 1.29 is 24.4 Å². The largest absolute Gasteiger partial charge is 0.469 e. The molecule has 0 aromatic heterocycles. The lowest BCUT2D eigenvalue weighted by atomic mass is 10.5. The van der Waals surface area contributed by atoms with Gasteiger partial charge in [0.15, 0.2) is 0 Å². The number of rotatable bonds is 3. The van der Waals surface area contributed by atoms with E-state index in [0.29, 0.717) is 0 Å². The van der Waals surface area contributed by atoms with E-state index in [2.05, 4.69) is 4.52 Å². The smallest absolute Gasteiger partial charge is 0.412 e. The van der Waals surface area contributed by atoms with E-state index in [1.165, 1.54) is 0 Å². The molecule has 60 valence electrons. The molecule has 0 rings (SSSR count). The van der Waals surface area contributed by atoms with Crippen molar-refractivity contribution >= 4 is 7.82 Å². The van der Waals surface area contributed by atoms with Gasteiger partial charge in [0.05, 0.1) is 19.1 Å². The second-order valence-electron chi connectivity index (χ2n) is 1.23. The quantitative estimate of drug-likeness (QED) is 0.422. The summed E-state index contributed by atoms with van der Waals surface area (Å²) in [7, 11) is -4.35. The third-order valence-corrected chi connectivity index (χ3v) is 0.992. The molecule has 0 heterocycles. The molecular weight excluding hydrogens is 161 g/mol. The minimum absolute atomic E-state index is 0. The second-order valence-corrected chi connectivity index (χ2v) is 2.47. The van der Waals surface area contributed by atoms with Gasteiger partial charge < -0.3 is 15.3 Å². The Morgan fingerprint density at radius 3 is 2.40 bits per heavy atom.